The summed E-state index contributed by atoms with van der Waals surface area (Å²) in [6.07, 6.45) is 45.3. The minimum Gasteiger partial charge on any atom is -0.462 e. The zero-order valence-electron chi connectivity index (χ0n) is 28.1. The molecular weight excluding hydrogens is 548 g/mol. The molecule has 0 aromatic rings. The van der Waals surface area contributed by atoms with Crippen LogP contribution in [-0.2, 0) is 19.1 Å². The molecule has 0 aliphatic rings. The first-order valence-corrected chi connectivity index (χ1v) is 17.5. The fourth-order valence-electron chi connectivity index (χ4n) is 4.32. The summed E-state index contributed by atoms with van der Waals surface area (Å²) >= 11 is 0. The van der Waals surface area contributed by atoms with Gasteiger partial charge in [-0.25, -0.2) is 0 Å². The Morgan fingerprint density at radius 2 is 0.977 bits per heavy atom. The standard InChI is InChI=1S/C39H64O5/c1-3-5-7-9-11-13-15-16-17-18-19-20-21-22-24-26-28-30-32-34-39(42)44-37(35-40)36-43-38(41)33-31-29-27-25-23-14-12-10-8-6-4-2/h5,7,10-13,16-17,19-20,22,24,37,40H,3-4,6,8-9,14-15,18,21,23,25-36H2,1-2H3/b7-5-,12-10-,13-11-,17-16-,20-19-,24-22-. The van der Waals surface area contributed by atoms with Gasteiger partial charge in [0.25, 0.3) is 0 Å². The highest BCUT2D eigenvalue weighted by molar-refractivity contribution is 5.70. The molecule has 0 heterocycles. The van der Waals surface area contributed by atoms with Crippen LogP contribution >= 0.6 is 0 Å². The van der Waals surface area contributed by atoms with Crippen molar-refractivity contribution in [3.8, 4) is 0 Å². The lowest BCUT2D eigenvalue weighted by Crippen LogP contribution is -2.28. The highest BCUT2D eigenvalue weighted by atomic mass is 16.6. The van der Waals surface area contributed by atoms with E-state index in [4.69, 9.17) is 9.47 Å². The Morgan fingerprint density at radius 3 is 1.52 bits per heavy atom. The number of unbranched alkanes of at least 4 members (excludes halogenated alkanes) is 10. The largest absolute Gasteiger partial charge is 0.462 e. The Labute approximate surface area is 270 Å². The summed E-state index contributed by atoms with van der Waals surface area (Å²) in [4.78, 5) is 24.1. The van der Waals surface area contributed by atoms with E-state index in [1.807, 2.05) is 0 Å². The molecule has 5 heteroatoms. The fourth-order valence-corrected chi connectivity index (χ4v) is 4.32. The molecule has 0 rings (SSSR count). The van der Waals surface area contributed by atoms with Crippen molar-refractivity contribution in [3.05, 3.63) is 72.9 Å². The zero-order valence-corrected chi connectivity index (χ0v) is 28.1. The lowest BCUT2D eigenvalue weighted by Gasteiger charge is -2.15. The summed E-state index contributed by atoms with van der Waals surface area (Å²) < 4.78 is 10.5. The number of allylic oxidation sites excluding steroid dienone is 12. The van der Waals surface area contributed by atoms with Gasteiger partial charge in [0.05, 0.1) is 6.61 Å². The van der Waals surface area contributed by atoms with Crippen molar-refractivity contribution in [2.24, 2.45) is 0 Å². The Hall–Kier alpha value is -2.66. The number of esters is 2. The minimum absolute atomic E-state index is 0.0878. The summed E-state index contributed by atoms with van der Waals surface area (Å²) in [5.74, 6) is -0.649. The molecule has 0 aromatic carbocycles. The third kappa shape index (κ3) is 32.3. The predicted molar refractivity (Wildman–Crippen MR) is 186 cm³/mol. The molecule has 0 aliphatic heterocycles. The van der Waals surface area contributed by atoms with E-state index in [9.17, 15) is 14.7 Å². The van der Waals surface area contributed by atoms with Gasteiger partial charge in [0.1, 0.15) is 6.61 Å². The summed E-state index contributed by atoms with van der Waals surface area (Å²) in [7, 11) is 0. The van der Waals surface area contributed by atoms with Gasteiger partial charge in [0, 0.05) is 12.8 Å². The number of ether oxygens (including phenoxy) is 2. The van der Waals surface area contributed by atoms with Crippen molar-refractivity contribution in [2.45, 2.75) is 148 Å². The molecule has 44 heavy (non-hydrogen) atoms. The Kier molecular flexibility index (Phi) is 32.7. The van der Waals surface area contributed by atoms with E-state index in [0.717, 1.165) is 83.5 Å². The van der Waals surface area contributed by atoms with E-state index in [1.165, 1.54) is 32.1 Å². The molecule has 0 bridgehead atoms. The first-order valence-electron chi connectivity index (χ1n) is 17.5. The van der Waals surface area contributed by atoms with Crippen molar-refractivity contribution in [1.82, 2.24) is 0 Å². The average Bonchev–Trinajstić information content (AvgIpc) is 3.02. The third-order valence-electron chi connectivity index (χ3n) is 6.98. The number of aliphatic hydroxyl groups is 1. The van der Waals surface area contributed by atoms with Crippen molar-refractivity contribution in [2.75, 3.05) is 13.2 Å². The number of hydrogen-bond donors (Lipinski definition) is 1. The van der Waals surface area contributed by atoms with Gasteiger partial charge in [-0.2, -0.15) is 0 Å². The Balaban J connectivity index is 3.70. The number of carbonyl (C=O) groups excluding carboxylic acids is 2. The van der Waals surface area contributed by atoms with E-state index >= 15 is 0 Å². The molecule has 0 aromatic heterocycles. The van der Waals surface area contributed by atoms with Crippen LogP contribution in [0.4, 0.5) is 0 Å². The molecule has 0 saturated carbocycles. The normalized spacial score (nSPS) is 13.1. The van der Waals surface area contributed by atoms with Gasteiger partial charge < -0.3 is 14.6 Å². The molecular formula is C39H64O5. The zero-order chi connectivity index (χ0) is 32.2. The Bertz CT molecular complexity index is 833. The van der Waals surface area contributed by atoms with Gasteiger partial charge in [-0.05, 0) is 77.0 Å². The number of carbonyl (C=O) groups is 2. The molecule has 0 radical (unpaired) electrons. The van der Waals surface area contributed by atoms with E-state index < -0.39 is 6.10 Å². The molecule has 5 nitrogen and oxygen atoms in total. The maximum absolute atomic E-state index is 12.1. The Morgan fingerprint density at radius 1 is 0.545 bits per heavy atom. The SMILES string of the molecule is CC/C=C\C/C=C\C/C=C\C/C=C\C/C=C\CCCCCC(=O)OC(CO)COC(=O)CCCCCCC/C=C\CCCC. The van der Waals surface area contributed by atoms with Crippen LogP contribution in [0, 0.1) is 0 Å². The maximum Gasteiger partial charge on any atom is 0.306 e. The molecule has 1 unspecified atom stereocenters. The van der Waals surface area contributed by atoms with E-state index in [-0.39, 0.29) is 25.2 Å². The van der Waals surface area contributed by atoms with Crippen LogP contribution in [0.1, 0.15) is 142 Å². The predicted octanol–water partition coefficient (Wildman–Crippen LogP) is 10.6. The lowest BCUT2D eigenvalue weighted by molar-refractivity contribution is -0.161. The molecule has 0 fully saturated rings. The van der Waals surface area contributed by atoms with E-state index in [1.54, 1.807) is 0 Å². The van der Waals surface area contributed by atoms with E-state index in [0.29, 0.717) is 12.8 Å². The van der Waals surface area contributed by atoms with Gasteiger partial charge in [-0.3, -0.25) is 9.59 Å². The number of rotatable bonds is 30. The van der Waals surface area contributed by atoms with Gasteiger partial charge in [0.2, 0.25) is 0 Å². The summed E-state index contributed by atoms with van der Waals surface area (Å²) in [6, 6.07) is 0. The maximum atomic E-state index is 12.1. The summed E-state index contributed by atoms with van der Waals surface area (Å²) in [5.41, 5.74) is 0. The van der Waals surface area contributed by atoms with Crippen LogP contribution in [0.15, 0.2) is 72.9 Å². The van der Waals surface area contributed by atoms with Gasteiger partial charge in [-0.15, -0.1) is 0 Å². The molecule has 1 atom stereocenters. The minimum atomic E-state index is -0.793. The van der Waals surface area contributed by atoms with Crippen molar-refractivity contribution in [1.29, 1.82) is 0 Å². The monoisotopic (exact) mass is 612 g/mol. The molecule has 0 spiro atoms. The number of hydrogen-bond acceptors (Lipinski definition) is 5. The number of aliphatic hydroxyl groups excluding tert-OH is 1. The van der Waals surface area contributed by atoms with Crippen LogP contribution in [0.3, 0.4) is 0 Å². The summed E-state index contributed by atoms with van der Waals surface area (Å²) in [5, 5.41) is 9.51. The lowest BCUT2D eigenvalue weighted by atomic mass is 10.1. The third-order valence-corrected chi connectivity index (χ3v) is 6.98. The smallest absolute Gasteiger partial charge is 0.306 e. The molecule has 250 valence electrons. The average molecular weight is 613 g/mol. The van der Waals surface area contributed by atoms with Crippen LogP contribution in [-0.4, -0.2) is 36.4 Å². The topological polar surface area (TPSA) is 72.8 Å². The molecule has 0 aliphatic carbocycles. The highest BCUT2D eigenvalue weighted by Crippen LogP contribution is 2.10. The molecule has 1 N–H and O–H groups in total. The first kappa shape index (κ1) is 41.3. The quantitative estimate of drug-likeness (QED) is 0.0496. The molecule has 0 amide bonds. The van der Waals surface area contributed by atoms with Gasteiger partial charge >= 0.3 is 11.9 Å². The molecule has 0 saturated heterocycles. The summed E-state index contributed by atoms with van der Waals surface area (Å²) in [6.45, 7) is 3.92. The van der Waals surface area contributed by atoms with Crippen LogP contribution < -0.4 is 0 Å². The van der Waals surface area contributed by atoms with Crippen LogP contribution in [0.2, 0.25) is 0 Å². The first-order chi connectivity index (χ1) is 21.6. The second kappa shape index (κ2) is 34.8. The second-order valence-electron chi connectivity index (χ2n) is 11.2. The van der Waals surface area contributed by atoms with Crippen molar-refractivity contribution >= 4 is 11.9 Å². The fraction of sp³-hybridized carbons (Fsp3) is 0.641. The van der Waals surface area contributed by atoms with Gasteiger partial charge in [-0.1, -0.05) is 125 Å². The van der Waals surface area contributed by atoms with E-state index in [2.05, 4.69) is 86.8 Å². The second-order valence-corrected chi connectivity index (χ2v) is 11.2. The van der Waals surface area contributed by atoms with Crippen LogP contribution in [0.25, 0.3) is 0 Å². The van der Waals surface area contributed by atoms with Crippen molar-refractivity contribution in [3.63, 3.8) is 0 Å². The highest BCUT2D eigenvalue weighted by Gasteiger charge is 2.16. The van der Waals surface area contributed by atoms with Crippen molar-refractivity contribution < 1.29 is 24.2 Å². The van der Waals surface area contributed by atoms with Gasteiger partial charge in [0.15, 0.2) is 6.10 Å². The van der Waals surface area contributed by atoms with Crippen LogP contribution in [0.5, 0.6) is 0 Å².